The Morgan fingerprint density at radius 3 is 2.58 bits per heavy atom. The van der Waals surface area contributed by atoms with Crippen LogP contribution < -0.4 is 9.64 Å². The molecule has 0 N–H and O–H groups in total. The van der Waals surface area contributed by atoms with Crippen molar-refractivity contribution in [3.63, 3.8) is 0 Å². The van der Waals surface area contributed by atoms with Gasteiger partial charge in [-0.1, -0.05) is 12.1 Å². The lowest BCUT2D eigenvalue weighted by molar-refractivity contribution is 0.306. The number of fused-ring (bicyclic) bond motifs is 1. The van der Waals surface area contributed by atoms with Crippen molar-refractivity contribution in [2.24, 2.45) is 0 Å². The van der Waals surface area contributed by atoms with Crippen molar-refractivity contribution in [2.75, 3.05) is 18.0 Å². The summed E-state index contributed by atoms with van der Waals surface area (Å²) in [7, 11) is 0. The van der Waals surface area contributed by atoms with Gasteiger partial charge in [0.05, 0.1) is 17.1 Å². The van der Waals surface area contributed by atoms with Crippen LogP contribution in [0.3, 0.4) is 0 Å². The second-order valence-electron chi connectivity index (χ2n) is 6.75. The minimum atomic E-state index is 0.483. The van der Waals surface area contributed by atoms with Crippen molar-refractivity contribution in [3.05, 3.63) is 65.4 Å². The maximum atomic E-state index is 8.86. The summed E-state index contributed by atoms with van der Waals surface area (Å²) in [6, 6.07) is 17.9. The molecule has 0 saturated carbocycles. The molecule has 4 nitrogen and oxygen atoms in total. The number of rotatable bonds is 4. The first kappa shape index (κ1) is 16.4. The Balaban J connectivity index is 1.57. The topological polar surface area (TPSA) is 49.1 Å². The van der Waals surface area contributed by atoms with Gasteiger partial charge in [0.15, 0.2) is 0 Å². The van der Waals surface area contributed by atoms with Gasteiger partial charge in [-0.2, -0.15) is 5.26 Å². The second-order valence-corrected chi connectivity index (χ2v) is 6.75. The van der Waals surface area contributed by atoms with E-state index in [0.717, 1.165) is 35.6 Å². The summed E-state index contributed by atoms with van der Waals surface area (Å²) in [4.78, 5) is 7.19. The van der Waals surface area contributed by atoms with Crippen molar-refractivity contribution in [1.29, 1.82) is 5.26 Å². The lowest BCUT2D eigenvalue weighted by Crippen LogP contribution is -2.18. The molecule has 1 saturated heterocycles. The number of aryl methyl sites for hydroxylation is 1. The largest absolute Gasteiger partial charge is 0.489 e. The highest BCUT2D eigenvalue weighted by molar-refractivity contribution is 5.92. The maximum absolute atomic E-state index is 8.86. The number of hydrogen-bond donors (Lipinski definition) is 0. The van der Waals surface area contributed by atoms with E-state index in [9.17, 15) is 0 Å². The van der Waals surface area contributed by atoms with Crippen LogP contribution in [-0.4, -0.2) is 18.1 Å². The molecule has 1 aliphatic heterocycles. The summed E-state index contributed by atoms with van der Waals surface area (Å²) < 4.78 is 5.85. The lowest BCUT2D eigenvalue weighted by atomic mass is 10.1. The van der Waals surface area contributed by atoms with Gasteiger partial charge in [0.2, 0.25) is 0 Å². The number of ether oxygens (including phenoxy) is 1. The zero-order chi connectivity index (χ0) is 17.9. The summed E-state index contributed by atoms with van der Waals surface area (Å²) in [5.74, 6) is 0.763. The first-order valence-electron chi connectivity index (χ1n) is 9.01. The third-order valence-electron chi connectivity index (χ3n) is 4.82. The number of benzene rings is 2. The van der Waals surface area contributed by atoms with Crippen LogP contribution in [-0.2, 0) is 6.61 Å². The van der Waals surface area contributed by atoms with Gasteiger partial charge in [-0.15, -0.1) is 0 Å². The van der Waals surface area contributed by atoms with Gasteiger partial charge in [-0.05, 0) is 61.7 Å². The molecule has 1 fully saturated rings. The Bertz CT molecular complexity index is 967. The van der Waals surface area contributed by atoms with Crippen LogP contribution in [0, 0.1) is 18.3 Å². The zero-order valence-corrected chi connectivity index (χ0v) is 14.9. The normalized spacial score (nSPS) is 13.8. The van der Waals surface area contributed by atoms with Crippen LogP contribution in [0.5, 0.6) is 5.75 Å². The second kappa shape index (κ2) is 7.05. The molecule has 2 heterocycles. The van der Waals surface area contributed by atoms with Gasteiger partial charge in [-0.3, -0.25) is 4.98 Å². The van der Waals surface area contributed by atoms with Gasteiger partial charge in [0, 0.05) is 29.9 Å². The Morgan fingerprint density at radius 1 is 1.08 bits per heavy atom. The molecule has 130 valence electrons. The summed E-state index contributed by atoms with van der Waals surface area (Å²) in [6.45, 7) is 4.79. The molecular weight excluding hydrogens is 322 g/mol. The molecule has 0 unspecified atom stereocenters. The van der Waals surface area contributed by atoms with E-state index in [2.05, 4.69) is 42.2 Å². The van der Waals surface area contributed by atoms with Crippen molar-refractivity contribution >= 4 is 16.6 Å². The van der Waals surface area contributed by atoms with E-state index < -0.39 is 0 Å². The lowest BCUT2D eigenvalue weighted by Gasteiger charge is -2.20. The Labute approximate surface area is 153 Å². The standard InChI is InChI=1S/C22H21N3O/c1-16-12-22(25-10-2-3-11-25)20-9-6-18(13-21(20)24-16)15-26-19-7-4-17(14-23)5-8-19/h4-9,12-13H,2-3,10-11,15H2,1H3. The third-order valence-corrected chi connectivity index (χ3v) is 4.82. The molecule has 0 radical (unpaired) electrons. The smallest absolute Gasteiger partial charge is 0.119 e. The molecule has 3 aromatic rings. The first-order valence-corrected chi connectivity index (χ1v) is 9.01. The average molecular weight is 343 g/mol. The Hall–Kier alpha value is -3.06. The number of nitrogens with zero attached hydrogens (tertiary/aromatic N) is 3. The van der Waals surface area contributed by atoms with E-state index in [1.54, 1.807) is 12.1 Å². The van der Waals surface area contributed by atoms with Gasteiger partial charge in [-0.25, -0.2) is 0 Å². The molecule has 0 atom stereocenters. The van der Waals surface area contributed by atoms with Crippen LogP contribution in [0.4, 0.5) is 5.69 Å². The summed E-state index contributed by atoms with van der Waals surface area (Å²) in [5, 5.41) is 10.1. The van der Waals surface area contributed by atoms with Crippen LogP contribution in [0.25, 0.3) is 10.9 Å². The summed E-state index contributed by atoms with van der Waals surface area (Å²) >= 11 is 0. The van der Waals surface area contributed by atoms with E-state index >= 15 is 0 Å². The Morgan fingerprint density at radius 2 is 1.85 bits per heavy atom. The molecule has 0 spiro atoms. The van der Waals surface area contributed by atoms with Crippen LogP contribution in [0.1, 0.15) is 29.7 Å². The van der Waals surface area contributed by atoms with Gasteiger partial charge < -0.3 is 9.64 Å². The highest BCUT2D eigenvalue weighted by Gasteiger charge is 2.16. The van der Waals surface area contributed by atoms with Crippen molar-refractivity contribution in [3.8, 4) is 11.8 Å². The average Bonchev–Trinajstić information content (AvgIpc) is 3.20. The fraction of sp³-hybridized carbons (Fsp3) is 0.273. The molecule has 4 rings (SSSR count). The van der Waals surface area contributed by atoms with E-state index in [-0.39, 0.29) is 0 Å². The molecule has 1 aliphatic rings. The van der Waals surface area contributed by atoms with Crippen molar-refractivity contribution < 1.29 is 4.74 Å². The summed E-state index contributed by atoms with van der Waals surface area (Å²) in [5.41, 5.74) is 5.09. The number of pyridine rings is 1. The monoisotopic (exact) mass is 343 g/mol. The molecule has 1 aromatic heterocycles. The molecule has 0 bridgehead atoms. The van der Waals surface area contributed by atoms with Gasteiger partial charge in [0.1, 0.15) is 12.4 Å². The molecule has 4 heteroatoms. The van der Waals surface area contributed by atoms with Crippen LogP contribution >= 0.6 is 0 Å². The van der Waals surface area contributed by atoms with E-state index in [1.807, 2.05) is 12.1 Å². The predicted molar refractivity (Wildman–Crippen MR) is 103 cm³/mol. The van der Waals surface area contributed by atoms with Gasteiger partial charge in [0.25, 0.3) is 0 Å². The molecular formula is C22H21N3O. The predicted octanol–water partition coefficient (Wildman–Crippen LogP) is 4.59. The van der Waals surface area contributed by atoms with Crippen molar-refractivity contribution in [2.45, 2.75) is 26.4 Å². The third kappa shape index (κ3) is 3.34. The SMILES string of the molecule is Cc1cc(N2CCCC2)c2ccc(COc3ccc(C#N)cc3)cc2n1. The molecule has 26 heavy (non-hydrogen) atoms. The minimum Gasteiger partial charge on any atom is -0.489 e. The van der Waals surface area contributed by atoms with Crippen LogP contribution in [0.15, 0.2) is 48.5 Å². The quantitative estimate of drug-likeness (QED) is 0.695. The number of nitriles is 1. The van der Waals surface area contributed by atoms with Crippen molar-refractivity contribution in [1.82, 2.24) is 4.98 Å². The highest BCUT2D eigenvalue weighted by Crippen LogP contribution is 2.30. The fourth-order valence-electron chi connectivity index (χ4n) is 3.49. The fourth-order valence-corrected chi connectivity index (χ4v) is 3.49. The Kier molecular flexibility index (Phi) is 4.45. The molecule has 0 aliphatic carbocycles. The summed E-state index contributed by atoms with van der Waals surface area (Å²) in [6.07, 6.45) is 2.53. The number of anilines is 1. The van der Waals surface area contributed by atoms with E-state index in [1.165, 1.54) is 23.9 Å². The zero-order valence-electron chi connectivity index (χ0n) is 14.9. The minimum absolute atomic E-state index is 0.483. The number of hydrogen-bond acceptors (Lipinski definition) is 4. The van der Waals surface area contributed by atoms with Gasteiger partial charge >= 0.3 is 0 Å². The highest BCUT2D eigenvalue weighted by atomic mass is 16.5. The van der Waals surface area contributed by atoms with E-state index in [0.29, 0.717) is 12.2 Å². The first-order chi connectivity index (χ1) is 12.7. The maximum Gasteiger partial charge on any atom is 0.119 e. The molecule has 2 aromatic carbocycles. The van der Waals surface area contributed by atoms with Crippen LogP contribution in [0.2, 0.25) is 0 Å². The molecule has 0 amide bonds. The number of aromatic nitrogens is 1. The van der Waals surface area contributed by atoms with E-state index in [4.69, 9.17) is 15.0 Å².